The number of nitrogens with zero attached hydrogens (tertiary/aromatic N) is 3. The SMILES string of the molecule is NC(=O)N/N=C\C(=O)c1cc(C(=O)/C=N/NC(N)=O)cc(C(=O)/C=N/NC(N)=O)c1. The molecule has 30 heavy (non-hydrogen) atoms. The van der Waals surface area contributed by atoms with Crippen LogP contribution in [-0.2, 0) is 0 Å². The van der Waals surface area contributed by atoms with Gasteiger partial charge in [0.05, 0.1) is 18.6 Å². The van der Waals surface area contributed by atoms with Crippen molar-refractivity contribution in [1.82, 2.24) is 16.3 Å². The van der Waals surface area contributed by atoms with Gasteiger partial charge in [0.1, 0.15) is 0 Å². The predicted octanol–water partition coefficient (Wildman–Crippen LogP) is -1.80. The Hall–Kier alpha value is -4.95. The van der Waals surface area contributed by atoms with Crippen LogP contribution in [0.25, 0.3) is 0 Å². The first-order valence-electron chi connectivity index (χ1n) is 7.63. The van der Waals surface area contributed by atoms with Gasteiger partial charge < -0.3 is 17.2 Å². The highest BCUT2D eigenvalue weighted by molar-refractivity contribution is 6.40. The summed E-state index contributed by atoms with van der Waals surface area (Å²) in [6.45, 7) is 0. The number of amides is 6. The van der Waals surface area contributed by atoms with Gasteiger partial charge in [0.15, 0.2) is 0 Å². The molecule has 0 fully saturated rings. The molecule has 0 spiro atoms. The number of urea groups is 3. The van der Waals surface area contributed by atoms with Crippen LogP contribution in [0.4, 0.5) is 14.4 Å². The maximum atomic E-state index is 12.2. The van der Waals surface area contributed by atoms with E-state index in [2.05, 4.69) is 15.3 Å². The fourth-order valence-corrected chi connectivity index (χ4v) is 1.74. The minimum atomic E-state index is -1.02. The van der Waals surface area contributed by atoms with Crippen LogP contribution >= 0.6 is 0 Å². The molecule has 15 heteroatoms. The summed E-state index contributed by atoms with van der Waals surface area (Å²) in [5, 5.41) is 9.87. The third-order valence-corrected chi connectivity index (χ3v) is 2.86. The van der Waals surface area contributed by atoms with Crippen molar-refractivity contribution in [2.75, 3.05) is 0 Å². The highest BCUT2D eigenvalue weighted by Crippen LogP contribution is 2.12. The molecule has 15 nitrogen and oxygen atoms in total. The van der Waals surface area contributed by atoms with Crippen LogP contribution in [0, 0.1) is 0 Å². The van der Waals surface area contributed by atoms with Crippen molar-refractivity contribution >= 4 is 54.1 Å². The van der Waals surface area contributed by atoms with Crippen LogP contribution < -0.4 is 33.5 Å². The van der Waals surface area contributed by atoms with Crippen LogP contribution in [0.5, 0.6) is 0 Å². The number of hydrogen-bond donors (Lipinski definition) is 6. The molecule has 0 radical (unpaired) electrons. The first kappa shape index (κ1) is 23.1. The van der Waals surface area contributed by atoms with E-state index in [-0.39, 0.29) is 16.7 Å². The van der Waals surface area contributed by atoms with Crippen molar-refractivity contribution in [3.8, 4) is 0 Å². The zero-order chi connectivity index (χ0) is 22.7. The van der Waals surface area contributed by atoms with Gasteiger partial charge >= 0.3 is 18.1 Å². The minimum Gasteiger partial charge on any atom is -0.350 e. The lowest BCUT2D eigenvalue weighted by molar-refractivity contribution is 0.106. The number of nitrogens with two attached hydrogens (primary N) is 3. The largest absolute Gasteiger partial charge is 0.350 e. The monoisotopic (exact) mass is 417 g/mol. The summed E-state index contributed by atoms with van der Waals surface area (Å²) in [5.41, 5.74) is 19.3. The Bertz CT molecular complexity index is 847. The fraction of sp³-hybridized carbons (Fsp3) is 0. The summed E-state index contributed by atoms with van der Waals surface area (Å²) in [6, 6.07) is 0.257. The number of benzene rings is 1. The number of rotatable bonds is 9. The van der Waals surface area contributed by atoms with E-state index in [1.54, 1.807) is 16.3 Å². The number of carbonyl (C=O) groups excluding carboxylic acids is 6. The Labute approximate surface area is 167 Å². The van der Waals surface area contributed by atoms with Crippen molar-refractivity contribution in [1.29, 1.82) is 0 Å². The van der Waals surface area contributed by atoms with Gasteiger partial charge in [-0.15, -0.1) is 0 Å². The summed E-state index contributed by atoms with van der Waals surface area (Å²) < 4.78 is 0. The second-order valence-corrected chi connectivity index (χ2v) is 5.09. The molecule has 156 valence electrons. The Balaban J connectivity index is 3.27. The second kappa shape index (κ2) is 11.0. The van der Waals surface area contributed by atoms with Gasteiger partial charge in [-0.3, -0.25) is 14.4 Å². The number of nitrogens with one attached hydrogen (secondary N) is 3. The quantitative estimate of drug-likeness (QED) is 0.153. The Morgan fingerprint density at radius 1 is 0.567 bits per heavy atom. The number of hydrazone groups is 3. The van der Waals surface area contributed by atoms with Crippen LogP contribution in [0.3, 0.4) is 0 Å². The van der Waals surface area contributed by atoms with Crippen LogP contribution in [0.2, 0.25) is 0 Å². The third-order valence-electron chi connectivity index (χ3n) is 2.86. The molecule has 9 N–H and O–H groups in total. The zero-order valence-corrected chi connectivity index (χ0v) is 15.0. The van der Waals surface area contributed by atoms with Crippen molar-refractivity contribution in [3.05, 3.63) is 34.9 Å². The topological polar surface area (TPSA) is 254 Å². The standard InChI is InChI=1S/C15H15N9O6/c16-13(28)22-19-4-10(25)7-1-8(11(26)5-20-23-14(17)29)3-9(2-7)12(27)6-21-24-15(18)30/h1-6H,(H3,16,22,28)(H3,17,23,29)(H3,18,24,30)/b19-4-,20-5+,21-6+. The van der Waals surface area contributed by atoms with Crippen LogP contribution in [0.1, 0.15) is 31.1 Å². The summed E-state index contributed by atoms with van der Waals surface area (Å²) in [7, 11) is 0. The number of carbonyl (C=O) groups is 6. The molecule has 0 bridgehead atoms. The highest BCUT2D eigenvalue weighted by atomic mass is 16.2. The molecule has 0 aliphatic rings. The fourth-order valence-electron chi connectivity index (χ4n) is 1.74. The first-order valence-corrected chi connectivity index (χ1v) is 7.63. The Morgan fingerprint density at radius 3 is 1.00 bits per heavy atom. The molecule has 0 saturated carbocycles. The Morgan fingerprint density at radius 2 is 0.800 bits per heavy atom. The van der Waals surface area contributed by atoms with E-state index < -0.39 is 35.4 Å². The third kappa shape index (κ3) is 8.16. The normalized spacial score (nSPS) is 10.8. The predicted molar refractivity (Wildman–Crippen MR) is 103 cm³/mol. The van der Waals surface area contributed by atoms with Crippen molar-refractivity contribution < 1.29 is 28.8 Å². The van der Waals surface area contributed by atoms with Crippen LogP contribution in [-0.4, -0.2) is 54.1 Å². The van der Waals surface area contributed by atoms with Crippen LogP contribution in [0.15, 0.2) is 33.5 Å². The molecular formula is C15H15N9O6. The average molecular weight is 417 g/mol. The highest BCUT2D eigenvalue weighted by Gasteiger charge is 2.14. The van der Waals surface area contributed by atoms with Crippen molar-refractivity contribution in [3.63, 3.8) is 0 Å². The molecular weight excluding hydrogens is 402 g/mol. The lowest BCUT2D eigenvalue weighted by atomic mass is 9.99. The van der Waals surface area contributed by atoms with Gasteiger partial charge in [-0.2, -0.15) is 15.3 Å². The van der Waals surface area contributed by atoms with Crippen molar-refractivity contribution in [2.24, 2.45) is 32.5 Å². The molecule has 0 atom stereocenters. The minimum absolute atomic E-state index is 0.174. The second-order valence-electron chi connectivity index (χ2n) is 5.09. The molecule has 0 aliphatic carbocycles. The van der Waals surface area contributed by atoms with E-state index in [1.165, 1.54) is 0 Å². The molecule has 0 aliphatic heterocycles. The molecule has 0 saturated heterocycles. The average Bonchev–Trinajstić information content (AvgIpc) is 2.66. The number of ketones is 3. The Kier molecular flexibility index (Phi) is 8.48. The van der Waals surface area contributed by atoms with E-state index in [0.717, 1.165) is 18.2 Å². The molecule has 0 unspecified atom stereocenters. The van der Waals surface area contributed by atoms with Crippen molar-refractivity contribution in [2.45, 2.75) is 0 Å². The smallest absolute Gasteiger partial charge is 0.332 e. The lowest BCUT2D eigenvalue weighted by Crippen LogP contribution is -2.25. The van der Waals surface area contributed by atoms with Gasteiger partial charge in [-0.25, -0.2) is 30.7 Å². The molecule has 6 amide bonds. The number of primary amides is 3. The van der Waals surface area contributed by atoms with E-state index in [1.807, 2.05) is 0 Å². The number of hydrogen-bond acceptors (Lipinski definition) is 9. The van der Waals surface area contributed by atoms with Gasteiger partial charge in [0.2, 0.25) is 17.3 Å². The molecule has 1 aromatic carbocycles. The van der Waals surface area contributed by atoms with Gasteiger partial charge in [0.25, 0.3) is 0 Å². The molecule has 1 aromatic rings. The van der Waals surface area contributed by atoms with Gasteiger partial charge in [-0.1, -0.05) is 0 Å². The van der Waals surface area contributed by atoms with Gasteiger partial charge in [0, 0.05) is 16.7 Å². The summed E-state index contributed by atoms with van der Waals surface area (Å²) >= 11 is 0. The van der Waals surface area contributed by atoms with E-state index in [4.69, 9.17) is 17.2 Å². The van der Waals surface area contributed by atoms with E-state index in [0.29, 0.717) is 18.6 Å². The molecule has 1 rings (SSSR count). The van der Waals surface area contributed by atoms with Gasteiger partial charge in [-0.05, 0) is 18.2 Å². The molecule has 0 aromatic heterocycles. The maximum Gasteiger partial charge on any atom is 0.332 e. The zero-order valence-electron chi connectivity index (χ0n) is 15.0. The maximum absolute atomic E-state index is 12.2. The lowest BCUT2D eigenvalue weighted by Gasteiger charge is -2.04. The molecule has 0 heterocycles. The summed E-state index contributed by atoms with van der Waals surface area (Å²) in [6.07, 6.45) is 2.07. The summed E-state index contributed by atoms with van der Waals surface area (Å²) in [4.78, 5) is 68.4. The van der Waals surface area contributed by atoms with E-state index >= 15 is 0 Å². The number of Topliss-reactive ketones (excluding diaryl/α,β-unsaturated/α-hetero) is 3. The summed E-state index contributed by atoms with van der Waals surface area (Å²) in [5.74, 6) is -2.40. The first-order chi connectivity index (χ1) is 14.1. The van der Waals surface area contributed by atoms with E-state index in [9.17, 15) is 28.8 Å².